The molecule has 0 bridgehead atoms. The summed E-state index contributed by atoms with van der Waals surface area (Å²) in [7, 11) is 0. The van der Waals surface area contributed by atoms with Crippen LogP contribution in [0.3, 0.4) is 0 Å². The fourth-order valence-electron chi connectivity index (χ4n) is 1.74. The molecule has 18 heavy (non-hydrogen) atoms. The Morgan fingerprint density at radius 1 is 1.39 bits per heavy atom. The Labute approximate surface area is 106 Å². The molecule has 0 spiro atoms. The number of nitriles is 1. The van der Waals surface area contributed by atoms with Crippen LogP contribution in [0.5, 0.6) is 0 Å². The van der Waals surface area contributed by atoms with Gasteiger partial charge in [-0.2, -0.15) is 5.26 Å². The van der Waals surface area contributed by atoms with E-state index in [0.29, 0.717) is 12.2 Å². The molecule has 92 valence electrons. The van der Waals surface area contributed by atoms with Crippen molar-refractivity contribution in [3.63, 3.8) is 0 Å². The molecule has 0 radical (unpaired) electrons. The number of benzene rings is 1. The summed E-state index contributed by atoms with van der Waals surface area (Å²) in [6, 6.07) is 9.81. The number of anilines is 1. The van der Waals surface area contributed by atoms with Gasteiger partial charge < -0.3 is 11.1 Å². The average Bonchev–Trinajstić information content (AvgIpc) is 2.38. The highest BCUT2D eigenvalue weighted by atomic mass is 15.1. The topological polar surface area (TPSA) is 87.6 Å². The van der Waals surface area contributed by atoms with Crippen molar-refractivity contribution in [1.82, 2.24) is 10.2 Å². The second-order valence-electron chi connectivity index (χ2n) is 4.25. The third kappa shape index (κ3) is 2.55. The molecule has 5 nitrogen and oxygen atoms in total. The first-order valence-electron chi connectivity index (χ1n) is 5.87. The Morgan fingerprint density at radius 3 is 2.89 bits per heavy atom. The molecule has 0 saturated carbocycles. The molecule has 1 atom stereocenters. The predicted octanol–water partition coefficient (Wildman–Crippen LogP) is 1.65. The summed E-state index contributed by atoms with van der Waals surface area (Å²) < 4.78 is 0. The molecule has 2 aromatic rings. The second-order valence-corrected chi connectivity index (χ2v) is 4.25. The number of aromatic nitrogens is 2. The maximum atomic E-state index is 9.07. The van der Waals surface area contributed by atoms with Gasteiger partial charge in [-0.05, 0) is 19.4 Å². The molecule has 5 heteroatoms. The van der Waals surface area contributed by atoms with E-state index in [4.69, 9.17) is 11.0 Å². The van der Waals surface area contributed by atoms with E-state index in [-0.39, 0.29) is 6.04 Å². The van der Waals surface area contributed by atoms with Crippen LogP contribution in [-0.2, 0) is 0 Å². The van der Waals surface area contributed by atoms with Gasteiger partial charge in [-0.15, -0.1) is 10.2 Å². The third-order valence-corrected chi connectivity index (χ3v) is 2.68. The Morgan fingerprint density at radius 2 is 2.17 bits per heavy atom. The average molecular weight is 241 g/mol. The Hall–Kier alpha value is -2.19. The summed E-state index contributed by atoms with van der Waals surface area (Å²) >= 11 is 0. The van der Waals surface area contributed by atoms with Crippen LogP contribution in [0.25, 0.3) is 10.9 Å². The second kappa shape index (κ2) is 5.43. The number of hydrogen-bond donors (Lipinski definition) is 2. The Balaban J connectivity index is 2.36. The minimum Gasteiger partial charge on any atom is -0.382 e. The van der Waals surface area contributed by atoms with Crippen molar-refractivity contribution in [2.75, 3.05) is 11.9 Å². The smallest absolute Gasteiger partial charge is 0.186 e. The monoisotopic (exact) mass is 241 g/mol. The predicted molar refractivity (Wildman–Crippen MR) is 71.0 cm³/mol. The van der Waals surface area contributed by atoms with Crippen LogP contribution in [0.4, 0.5) is 5.69 Å². The van der Waals surface area contributed by atoms with E-state index in [0.717, 1.165) is 23.0 Å². The van der Waals surface area contributed by atoms with Gasteiger partial charge in [0, 0.05) is 18.0 Å². The van der Waals surface area contributed by atoms with E-state index in [1.54, 1.807) is 0 Å². The summed E-state index contributed by atoms with van der Waals surface area (Å²) in [4.78, 5) is 0. The van der Waals surface area contributed by atoms with Crippen molar-refractivity contribution in [3.8, 4) is 6.07 Å². The molecular weight excluding hydrogens is 226 g/mol. The van der Waals surface area contributed by atoms with Crippen LogP contribution in [-0.4, -0.2) is 22.8 Å². The van der Waals surface area contributed by atoms with E-state index < -0.39 is 0 Å². The summed E-state index contributed by atoms with van der Waals surface area (Å²) in [5.74, 6) is 0. The summed E-state index contributed by atoms with van der Waals surface area (Å²) in [6.07, 6.45) is 0.835. The van der Waals surface area contributed by atoms with Crippen LogP contribution >= 0.6 is 0 Å². The SMILES string of the molecule is CC(N)CCNc1c(C#N)nnc2ccccc12. The lowest BCUT2D eigenvalue weighted by molar-refractivity contribution is 0.690. The van der Waals surface area contributed by atoms with Crippen molar-refractivity contribution in [2.24, 2.45) is 5.73 Å². The molecule has 3 N–H and O–H groups in total. The van der Waals surface area contributed by atoms with Gasteiger partial charge in [-0.25, -0.2) is 0 Å². The van der Waals surface area contributed by atoms with Gasteiger partial charge in [0.2, 0.25) is 0 Å². The fraction of sp³-hybridized carbons (Fsp3) is 0.308. The minimum absolute atomic E-state index is 0.129. The normalized spacial score (nSPS) is 12.1. The molecule has 0 saturated heterocycles. The third-order valence-electron chi connectivity index (χ3n) is 2.68. The van der Waals surface area contributed by atoms with Gasteiger partial charge >= 0.3 is 0 Å². The number of nitrogens with zero attached hydrogens (tertiary/aromatic N) is 3. The minimum atomic E-state index is 0.129. The number of nitrogens with one attached hydrogen (secondary N) is 1. The van der Waals surface area contributed by atoms with Crippen molar-refractivity contribution in [3.05, 3.63) is 30.0 Å². The highest BCUT2D eigenvalue weighted by molar-refractivity contribution is 5.92. The number of fused-ring (bicyclic) bond motifs is 1. The number of nitrogens with two attached hydrogens (primary N) is 1. The fourth-order valence-corrected chi connectivity index (χ4v) is 1.74. The van der Waals surface area contributed by atoms with Crippen molar-refractivity contribution < 1.29 is 0 Å². The van der Waals surface area contributed by atoms with Crippen LogP contribution in [0, 0.1) is 11.3 Å². The highest BCUT2D eigenvalue weighted by Gasteiger charge is 2.09. The molecule has 1 heterocycles. The number of hydrogen-bond acceptors (Lipinski definition) is 5. The lowest BCUT2D eigenvalue weighted by Gasteiger charge is -2.11. The molecule has 1 aromatic heterocycles. The van der Waals surface area contributed by atoms with Gasteiger partial charge in [0.15, 0.2) is 5.69 Å². The molecular formula is C13H15N5. The number of rotatable bonds is 4. The molecule has 0 fully saturated rings. The molecule has 0 aliphatic rings. The van der Waals surface area contributed by atoms with Crippen molar-refractivity contribution in [1.29, 1.82) is 5.26 Å². The zero-order chi connectivity index (χ0) is 13.0. The summed E-state index contributed by atoms with van der Waals surface area (Å²) in [5.41, 5.74) is 7.54. The first-order chi connectivity index (χ1) is 8.72. The van der Waals surface area contributed by atoms with E-state index in [1.165, 1.54) is 0 Å². The van der Waals surface area contributed by atoms with E-state index in [1.807, 2.05) is 31.2 Å². The van der Waals surface area contributed by atoms with Gasteiger partial charge in [-0.3, -0.25) is 0 Å². The standard InChI is InChI=1S/C13H15N5/c1-9(15)6-7-16-13-10-4-2-3-5-11(10)17-18-12(13)8-14/h2-5,9H,6-7,15H2,1H3,(H,16,17). The molecule has 0 amide bonds. The first-order valence-corrected chi connectivity index (χ1v) is 5.87. The van der Waals surface area contributed by atoms with E-state index in [2.05, 4.69) is 21.6 Å². The molecule has 1 aromatic carbocycles. The van der Waals surface area contributed by atoms with E-state index >= 15 is 0 Å². The lowest BCUT2D eigenvalue weighted by Crippen LogP contribution is -2.19. The van der Waals surface area contributed by atoms with Crippen LogP contribution in [0.2, 0.25) is 0 Å². The van der Waals surface area contributed by atoms with Gasteiger partial charge in [-0.1, -0.05) is 18.2 Å². The lowest BCUT2D eigenvalue weighted by atomic mass is 10.1. The van der Waals surface area contributed by atoms with Gasteiger partial charge in [0.1, 0.15) is 6.07 Å². The highest BCUT2D eigenvalue weighted by Crippen LogP contribution is 2.23. The molecule has 2 rings (SSSR count). The largest absolute Gasteiger partial charge is 0.382 e. The summed E-state index contributed by atoms with van der Waals surface area (Å²) in [6.45, 7) is 2.66. The molecule has 0 aliphatic heterocycles. The van der Waals surface area contributed by atoms with Crippen LogP contribution < -0.4 is 11.1 Å². The van der Waals surface area contributed by atoms with E-state index in [9.17, 15) is 0 Å². The molecule has 0 aliphatic carbocycles. The maximum absolute atomic E-state index is 9.07. The zero-order valence-corrected chi connectivity index (χ0v) is 10.2. The Bertz CT molecular complexity index is 585. The van der Waals surface area contributed by atoms with Gasteiger partial charge in [0.25, 0.3) is 0 Å². The van der Waals surface area contributed by atoms with Crippen molar-refractivity contribution >= 4 is 16.6 Å². The quantitative estimate of drug-likeness (QED) is 0.849. The molecule has 1 unspecified atom stereocenters. The summed E-state index contributed by atoms with van der Waals surface area (Å²) in [5, 5.41) is 21.2. The zero-order valence-electron chi connectivity index (χ0n) is 10.2. The van der Waals surface area contributed by atoms with Crippen LogP contribution in [0.1, 0.15) is 19.0 Å². The first kappa shape index (κ1) is 12.3. The Kier molecular flexibility index (Phi) is 3.70. The van der Waals surface area contributed by atoms with Crippen molar-refractivity contribution in [2.45, 2.75) is 19.4 Å². The maximum Gasteiger partial charge on any atom is 0.186 e. The van der Waals surface area contributed by atoms with Gasteiger partial charge in [0.05, 0.1) is 11.2 Å². The van der Waals surface area contributed by atoms with Crippen LogP contribution in [0.15, 0.2) is 24.3 Å².